The van der Waals surface area contributed by atoms with Crippen LogP contribution in [-0.4, -0.2) is 29.3 Å². The number of benzene rings is 2. The average Bonchev–Trinajstić information content (AvgIpc) is 2.83. The van der Waals surface area contributed by atoms with Crippen molar-refractivity contribution >= 4 is 35.1 Å². The van der Waals surface area contributed by atoms with Crippen LogP contribution in [0.3, 0.4) is 0 Å². The van der Waals surface area contributed by atoms with Gasteiger partial charge in [0.2, 0.25) is 5.91 Å². The maximum absolute atomic E-state index is 13.3. The molecule has 0 aliphatic carbocycles. The van der Waals surface area contributed by atoms with Gasteiger partial charge in [0.05, 0.1) is 23.4 Å². The fraction of sp³-hybridized carbons (Fsp3) is 0.192. The van der Waals surface area contributed by atoms with E-state index in [1.807, 2.05) is 30.3 Å². The standard InChI is InChI=1S/C26H23N3O4S/c1-4-33-26(32)22-14-20(15-27)25(28-16(22)2)34-23(18-9-6-5-7-10-18)24(31)29-21-12-8-11-19(13-21)17(3)30/h5-14,23H,4H2,1-3H3,(H,29,31). The minimum Gasteiger partial charge on any atom is -0.462 e. The van der Waals surface area contributed by atoms with E-state index in [0.717, 1.165) is 11.8 Å². The number of Topliss-reactive ketones (excluding diaryl/α,β-unsaturated/α-hetero) is 1. The van der Waals surface area contributed by atoms with Crippen molar-refractivity contribution in [2.24, 2.45) is 0 Å². The number of aromatic nitrogens is 1. The molecule has 1 N–H and O–H groups in total. The summed E-state index contributed by atoms with van der Waals surface area (Å²) in [5, 5.41) is 12.1. The molecule has 0 bridgehead atoms. The number of ether oxygens (including phenoxy) is 1. The molecule has 0 aliphatic rings. The maximum atomic E-state index is 13.3. The third-order valence-corrected chi connectivity index (χ3v) is 6.16. The summed E-state index contributed by atoms with van der Waals surface area (Å²) in [6.45, 7) is 5.02. The summed E-state index contributed by atoms with van der Waals surface area (Å²) in [6, 6.07) is 19.3. The summed E-state index contributed by atoms with van der Waals surface area (Å²) in [4.78, 5) is 41.7. The van der Waals surface area contributed by atoms with E-state index in [0.29, 0.717) is 27.5 Å². The largest absolute Gasteiger partial charge is 0.462 e. The maximum Gasteiger partial charge on any atom is 0.340 e. The average molecular weight is 474 g/mol. The summed E-state index contributed by atoms with van der Waals surface area (Å²) in [5.74, 6) is -0.997. The lowest BCUT2D eigenvalue weighted by Crippen LogP contribution is -2.19. The van der Waals surface area contributed by atoms with E-state index < -0.39 is 11.2 Å². The van der Waals surface area contributed by atoms with E-state index in [9.17, 15) is 19.6 Å². The van der Waals surface area contributed by atoms with Crippen LogP contribution in [0.4, 0.5) is 5.69 Å². The van der Waals surface area contributed by atoms with Gasteiger partial charge in [-0.05, 0) is 44.5 Å². The minimum atomic E-state index is -0.741. The number of nitrogens with zero attached hydrogens (tertiary/aromatic N) is 2. The summed E-state index contributed by atoms with van der Waals surface area (Å²) in [6.07, 6.45) is 0. The first kappa shape index (κ1) is 24.7. The molecule has 0 aliphatic heterocycles. The Hall–Kier alpha value is -3.96. The van der Waals surface area contributed by atoms with Gasteiger partial charge in [0.1, 0.15) is 16.3 Å². The molecule has 1 unspecified atom stereocenters. The molecule has 0 spiro atoms. The zero-order valence-electron chi connectivity index (χ0n) is 19.0. The summed E-state index contributed by atoms with van der Waals surface area (Å²) in [5.41, 5.74) is 2.48. The number of esters is 1. The Morgan fingerprint density at radius 2 is 1.85 bits per heavy atom. The number of pyridine rings is 1. The molecule has 8 heteroatoms. The van der Waals surface area contributed by atoms with Crippen molar-refractivity contribution in [2.45, 2.75) is 31.0 Å². The van der Waals surface area contributed by atoms with Gasteiger partial charge in [0, 0.05) is 11.3 Å². The molecule has 0 saturated carbocycles. The van der Waals surface area contributed by atoms with Gasteiger partial charge in [-0.1, -0.05) is 54.2 Å². The van der Waals surface area contributed by atoms with Crippen LogP contribution in [-0.2, 0) is 9.53 Å². The normalized spacial score (nSPS) is 11.2. The first-order valence-electron chi connectivity index (χ1n) is 10.6. The van der Waals surface area contributed by atoms with Crippen molar-refractivity contribution in [3.05, 3.63) is 88.6 Å². The van der Waals surface area contributed by atoms with Gasteiger partial charge >= 0.3 is 5.97 Å². The van der Waals surface area contributed by atoms with Crippen LogP contribution in [0.25, 0.3) is 0 Å². The Bertz CT molecular complexity index is 1270. The summed E-state index contributed by atoms with van der Waals surface area (Å²) < 4.78 is 5.05. The molecule has 172 valence electrons. The topological polar surface area (TPSA) is 109 Å². The van der Waals surface area contributed by atoms with Gasteiger partial charge in [0.25, 0.3) is 0 Å². The number of anilines is 1. The Morgan fingerprint density at radius 3 is 2.50 bits per heavy atom. The molecule has 0 fully saturated rings. The number of hydrogen-bond acceptors (Lipinski definition) is 7. The van der Waals surface area contributed by atoms with Gasteiger partial charge < -0.3 is 10.1 Å². The second-order valence-corrected chi connectivity index (χ2v) is 8.43. The number of nitrogens with one attached hydrogen (secondary N) is 1. The number of ketones is 1. The number of nitriles is 1. The van der Waals surface area contributed by atoms with Crippen LogP contribution < -0.4 is 5.32 Å². The van der Waals surface area contributed by atoms with Crippen molar-refractivity contribution in [1.82, 2.24) is 4.98 Å². The molecule has 0 saturated heterocycles. The van der Waals surface area contributed by atoms with E-state index in [1.165, 1.54) is 13.0 Å². The number of rotatable bonds is 8. The predicted molar refractivity (Wildman–Crippen MR) is 130 cm³/mol. The first-order chi connectivity index (χ1) is 16.3. The quantitative estimate of drug-likeness (QED) is 0.275. The highest BCUT2D eigenvalue weighted by Gasteiger charge is 2.26. The van der Waals surface area contributed by atoms with Crippen molar-refractivity contribution in [2.75, 3.05) is 11.9 Å². The number of aryl methyl sites for hydroxylation is 1. The van der Waals surface area contributed by atoms with Crippen LogP contribution in [0.5, 0.6) is 0 Å². The van der Waals surface area contributed by atoms with Crippen LogP contribution in [0, 0.1) is 18.3 Å². The number of amides is 1. The Morgan fingerprint density at radius 1 is 1.12 bits per heavy atom. The second kappa shape index (κ2) is 11.3. The second-order valence-electron chi connectivity index (χ2n) is 7.34. The fourth-order valence-electron chi connectivity index (χ4n) is 3.20. The molecule has 34 heavy (non-hydrogen) atoms. The lowest BCUT2D eigenvalue weighted by Gasteiger charge is -2.18. The van der Waals surface area contributed by atoms with E-state index in [-0.39, 0.29) is 29.4 Å². The third-order valence-electron chi connectivity index (χ3n) is 4.90. The smallest absolute Gasteiger partial charge is 0.340 e. The minimum absolute atomic E-state index is 0.106. The molecule has 2 aromatic carbocycles. The SMILES string of the molecule is CCOC(=O)c1cc(C#N)c(SC(C(=O)Nc2cccc(C(C)=O)c2)c2ccccc2)nc1C. The number of carbonyl (C=O) groups excluding carboxylic acids is 3. The van der Waals surface area contributed by atoms with Gasteiger partial charge in [0.15, 0.2) is 5.78 Å². The first-order valence-corrected chi connectivity index (χ1v) is 11.4. The summed E-state index contributed by atoms with van der Waals surface area (Å²) in [7, 11) is 0. The highest BCUT2D eigenvalue weighted by atomic mass is 32.2. The van der Waals surface area contributed by atoms with E-state index in [1.54, 1.807) is 38.1 Å². The molecule has 7 nitrogen and oxygen atoms in total. The predicted octanol–water partition coefficient (Wildman–Crippen LogP) is 5.11. The molecule has 1 heterocycles. The van der Waals surface area contributed by atoms with E-state index >= 15 is 0 Å². The Labute approximate surface area is 202 Å². The molecule has 1 aromatic heterocycles. The van der Waals surface area contributed by atoms with Gasteiger partial charge in [-0.3, -0.25) is 9.59 Å². The lowest BCUT2D eigenvalue weighted by molar-refractivity contribution is -0.115. The molecular weight excluding hydrogens is 450 g/mol. The zero-order valence-corrected chi connectivity index (χ0v) is 19.8. The van der Waals surface area contributed by atoms with Crippen LogP contribution in [0.15, 0.2) is 65.7 Å². The van der Waals surface area contributed by atoms with Crippen molar-refractivity contribution in [3.63, 3.8) is 0 Å². The van der Waals surface area contributed by atoms with Gasteiger partial charge in [-0.15, -0.1) is 0 Å². The van der Waals surface area contributed by atoms with Gasteiger partial charge in [-0.2, -0.15) is 5.26 Å². The van der Waals surface area contributed by atoms with E-state index in [2.05, 4.69) is 16.4 Å². The van der Waals surface area contributed by atoms with Gasteiger partial charge in [-0.25, -0.2) is 9.78 Å². The molecule has 1 amide bonds. The molecule has 3 aromatic rings. The zero-order chi connectivity index (χ0) is 24.7. The lowest BCUT2D eigenvalue weighted by atomic mass is 10.1. The highest BCUT2D eigenvalue weighted by molar-refractivity contribution is 8.00. The van der Waals surface area contributed by atoms with Crippen LogP contribution in [0.1, 0.15) is 56.6 Å². The third kappa shape index (κ3) is 5.88. The van der Waals surface area contributed by atoms with Crippen LogP contribution >= 0.6 is 11.8 Å². The van der Waals surface area contributed by atoms with Crippen molar-refractivity contribution in [3.8, 4) is 6.07 Å². The highest BCUT2D eigenvalue weighted by Crippen LogP contribution is 2.37. The molecular formula is C26H23N3O4S. The molecule has 3 rings (SSSR count). The summed E-state index contributed by atoms with van der Waals surface area (Å²) >= 11 is 1.11. The van der Waals surface area contributed by atoms with Crippen molar-refractivity contribution in [1.29, 1.82) is 5.26 Å². The number of hydrogen-bond donors (Lipinski definition) is 1. The number of carbonyl (C=O) groups is 3. The van der Waals surface area contributed by atoms with E-state index in [4.69, 9.17) is 4.74 Å². The van der Waals surface area contributed by atoms with Crippen LogP contribution in [0.2, 0.25) is 0 Å². The molecule has 1 atom stereocenters. The molecule has 0 radical (unpaired) electrons. The number of thioether (sulfide) groups is 1. The monoisotopic (exact) mass is 473 g/mol. The van der Waals surface area contributed by atoms with Crippen molar-refractivity contribution < 1.29 is 19.1 Å². The Balaban J connectivity index is 1.96. The Kier molecular flexibility index (Phi) is 8.17. The fourth-order valence-corrected chi connectivity index (χ4v) is 4.31.